The number of hydrogen-bond acceptors (Lipinski definition) is 4. The number of nitrogens with zero attached hydrogens (tertiary/aromatic N) is 3. The van der Waals surface area contributed by atoms with Crippen molar-refractivity contribution in [1.82, 2.24) is 9.80 Å². The molecule has 0 aromatic heterocycles. The Labute approximate surface area is 187 Å². The Morgan fingerprint density at radius 3 is 2.32 bits per heavy atom. The minimum atomic E-state index is -0.794. The smallest absolute Gasteiger partial charge is 0.304 e. The summed E-state index contributed by atoms with van der Waals surface area (Å²) in [6.45, 7) is 10.5. The Morgan fingerprint density at radius 2 is 1.77 bits per heavy atom. The molecule has 1 rings (SSSR count). The van der Waals surface area contributed by atoms with Crippen LogP contribution in [0.5, 0.6) is 0 Å². The highest BCUT2D eigenvalue weighted by molar-refractivity contribution is 5.75. The molecule has 1 aromatic rings. The number of carboxylic acids is 1. The van der Waals surface area contributed by atoms with Crippen LogP contribution in [-0.2, 0) is 16.1 Å². The molecule has 1 aromatic carbocycles. The molecule has 0 saturated heterocycles. The van der Waals surface area contributed by atoms with Crippen LogP contribution in [-0.4, -0.2) is 61.0 Å². The summed E-state index contributed by atoms with van der Waals surface area (Å²) in [5.41, 5.74) is 4.32. The van der Waals surface area contributed by atoms with Gasteiger partial charge in [-0.1, -0.05) is 44.2 Å². The molecule has 0 radical (unpaired) electrons. The van der Waals surface area contributed by atoms with E-state index in [9.17, 15) is 9.59 Å². The molecule has 0 atom stereocenters. The number of aliphatic carboxylic acids is 1. The molecule has 0 fully saturated rings. The van der Waals surface area contributed by atoms with Gasteiger partial charge in [-0.15, -0.1) is 0 Å². The van der Waals surface area contributed by atoms with E-state index in [0.717, 1.165) is 36.2 Å². The molecule has 0 saturated carbocycles. The third kappa shape index (κ3) is 10.1. The molecule has 0 unspecified atom stereocenters. The Morgan fingerprint density at radius 1 is 1.10 bits per heavy atom. The average molecular weight is 428 g/mol. The molecule has 6 heteroatoms. The van der Waals surface area contributed by atoms with E-state index < -0.39 is 5.97 Å². The van der Waals surface area contributed by atoms with Crippen LogP contribution < -0.4 is 4.90 Å². The van der Waals surface area contributed by atoms with Gasteiger partial charge in [-0.2, -0.15) is 0 Å². The first-order valence-electron chi connectivity index (χ1n) is 10.7. The van der Waals surface area contributed by atoms with Gasteiger partial charge in [0.1, 0.15) is 0 Å². The zero-order valence-electron chi connectivity index (χ0n) is 19.4. The Kier molecular flexibility index (Phi) is 12.0. The van der Waals surface area contributed by atoms with E-state index in [0.29, 0.717) is 26.2 Å². The van der Waals surface area contributed by atoms with E-state index in [1.54, 1.807) is 4.90 Å². The predicted molar refractivity (Wildman–Crippen MR) is 128 cm³/mol. The molecule has 0 spiro atoms. The van der Waals surface area contributed by atoms with Crippen LogP contribution in [0.25, 0.3) is 0 Å². The lowest BCUT2D eigenvalue weighted by molar-refractivity contribution is -0.137. The number of carbonyl (C=O) groups excluding carboxylic acids is 1. The second kappa shape index (κ2) is 14.2. The number of allylic oxidation sites excluding steroid dienone is 5. The van der Waals surface area contributed by atoms with Crippen molar-refractivity contribution in [3.05, 3.63) is 65.9 Å². The van der Waals surface area contributed by atoms with E-state index in [2.05, 4.69) is 31.4 Å². The molecular weight excluding hydrogens is 390 g/mol. The van der Waals surface area contributed by atoms with Crippen molar-refractivity contribution >= 4 is 18.1 Å². The number of amides is 1. The van der Waals surface area contributed by atoms with Gasteiger partial charge in [0.2, 0.25) is 6.41 Å². The zero-order valence-corrected chi connectivity index (χ0v) is 19.4. The van der Waals surface area contributed by atoms with Gasteiger partial charge in [-0.25, -0.2) is 0 Å². The maximum Gasteiger partial charge on any atom is 0.304 e. The lowest BCUT2D eigenvalue weighted by Crippen LogP contribution is -2.31. The van der Waals surface area contributed by atoms with Crippen LogP contribution in [0.2, 0.25) is 0 Å². The lowest BCUT2D eigenvalue weighted by atomic mass is 10.1. The summed E-state index contributed by atoms with van der Waals surface area (Å²) in [6, 6.07) is 7.83. The fourth-order valence-electron chi connectivity index (χ4n) is 3.17. The SMILES string of the molecule is C=C/C=C(\C=C(/C)N(C)CCN(C=O)c1ccc(CN(C)CCC(=O)O)cc1)CCC. The Hall–Kier alpha value is -2.86. The number of rotatable bonds is 15. The lowest BCUT2D eigenvalue weighted by Gasteiger charge is -2.25. The molecule has 0 aliphatic heterocycles. The third-order valence-electron chi connectivity index (χ3n) is 5.10. The van der Waals surface area contributed by atoms with Crippen molar-refractivity contribution < 1.29 is 14.7 Å². The summed E-state index contributed by atoms with van der Waals surface area (Å²) in [5.74, 6) is -0.794. The molecule has 0 aliphatic rings. The molecule has 170 valence electrons. The summed E-state index contributed by atoms with van der Waals surface area (Å²) < 4.78 is 0. The number of carboxylic acid groups (broad SMARTS) is 1. The van der Waals surface area contributed by atoms with Gasteiger partial charge in [0, 0.05) is 44.6 Å². The molecule has 0 aliphatic carbocycles. The zero-order chi connectivity index (χ0) is 23.2. The van der Waals surface area contributed by atoms with E-state index in [1.807, 2.05) is 55.4 Å². The van der Waals surface area contributed by atoms with Gasteiger partial charge in [-0.3, -0.25) is 9.59 Å². The molecule has 0 bridgehead atoms. The highest BCUT2D eigenvalue weighted by atomic mass is 16.4. The van der Waals surface area contributed by atoms with Crippen molar-refractivity contribution in [3.8, 4) is 0 Å². The minimum Gasteiger partial charge on any atom is -0.481 e. The van der Waals surface area contributed by atoms with E-state index in [4.69, 9.17) is 5.11 Å². The van der Waals surface area contributed by atoms with Crippen molar-refractivity contribution in [3.63, 3.8) is 0 Å². The van der Waals surface area contributed by atoms with E-state index in [1.165, 1.54) is 5.57 Å². The third-order valence-corrected chi connectivity index (χ3v) is 5.10. The van der Waals surface area contributed by atoms with Crippen molar-refractivity contribution in [1.29, 1.82) is 0 Å². The molecule has 31 heavy (non-hydrogen) atoms. The van der Waals surface area contributed by atoms with E-state index >= 15 is 0 Å². The summed E-state index contributed by atoms with van der Waals surface area (Å²) in [4.78, 5) is 28.2. The molecule has 0 heterocycles. The number of hydrogen-bond donors (Lipinski definition) is 1. The fourth-order valence-corrected chi connectivity index (χ4v) is 3.17. The normalized spacial score (nSPS) is 12.0. The average Bonchev–Trinajstić information content (AvgIpc) is 2.74. The highest BCUT2D eigenvalue weighted by Crippen LogP contribution is 2.16. The standard InChI is InChI=1S/C25H37N3O3/c1-6-8-22(9-7-2)18-21(3)27(5)16-17-28(20-29)24-12-10-23(11-13-24)19-26(4)15-14-25(30)31/h6,8,10-13,18,20H,1,7,9,14-17,19H2,2-5H3,(H,30,31)/b21-18+,22-8-. The maximum atomic E-state index is 11.7. The topological polar surface area (TPSA) is 64.1 Å². The summed E-state index contributed by atoms with van der Waals surface area (Å²) in [7, 11) is 3.93. The van der Waals surface area contributed by atoms with Gasteiger partial charge >= 0.3 is 5.97 Å². The van der Waals surface area contributed by atoms with Gasteiger partial charge in [0.25, 0.3) is 0 Å². The van der Waals surface area contributed by atoms with Gasteiger partial charge in [-0.05, 0) is 49.7 Å². The van der Waals surface area contributed by atoms with Crippen LogP contribution in [0, 0.1) is 0 Å². The van der Waals surface area contributed by atoms with Crippen molar-refractivity contribution in [2.75, 3.05) is 38.6 Å². The largest absolute Gasteiger partial charge is 0.481 e. The Bertz CT molecular complexity index is 769. The quantitative estimate of drug-likeness (QED) is 0.334. The molecular formula is C25H37N3O3. The summed E-state index contributed by atoms with van der Waals surface area (Å²) >= 11 is 0. The highest BCUT2D eigenvalue weighted by Gasteiger charge is 2.09. The first kappa shape index (κ1) is 26.2. The van der Waals surface area contributed by atoms with Crippen LogP contribution in [0.1, 0.15) is 38.7 Å². The summed E-state index contributed by atoms with van der Waals surface area (Å²) in [6.07, 6.45) is 9.11. The Balaban J connectivity index is 2.67. The number of benzene rings is 1. The van der Waals surface area contributed by atoms with Gasteiger partial charge < -0.3 is 19.8 Å². The molecule has 1 N–H and O–H groups in total. The van der Waals surface area contributed by atoms with Crippen LogP contribution in [0.3, 0.4) is 0 Å². The second-order valence-corrected chi connectivity index (χ2v) is 7.78. The minimum absolute atomic E-state index is 0.123. The predicted octanol–water partition coefficient (Wildman–Crippen LogP) is 4.30. The van der Waals surface area contributed by atoms with Crippen LogP contribution in [0.15, 0.2) is 60.3 Å². The maximum absolute atomic E-state index is 11.7. The first-order valence-corrected chi connectivity index (χ1v) is 10.7. The van der Waals surface area contributed by atoms with E-state index in [-0.39, 0.29) is 6.42 Å². The second-order valence-electron chi connectivity index (χ2n) is 7.78. The fraction of sp³-hybridized carbons (Fsp3) is 0.440. The van der Waals surface area contributed by atoms with Crippen LogP contribution in [0.4, 0.5) is 5.69 Å². The first-order chi connectivity index (χ1) is 14.8. The number of carbonyl (C=O) groups is 2. The molecule has 1 amide bonds. The van der Waals surface area contributed by atoms with Crippen LogP contribution >= 0.6 is 0 Å². The van der Waals surface area contributed by atoms with Gasteiger partial charge in [0.05, 0.1) is 6.42 Å². The van der Waals surface area contributed by atoms with Crippen molar-refractivity contribution in [2.45, 2.75) is 39.7 Å². The number of likely N-dealkylation sites (N-methyl/N-ethyl adjacent to an activating group) is 1. The molecule has 6 nitrogen and oxygen atoms in total. The monoisotopic (exact) mass is 427 g/mol. The van der Waals surface area contributed by atoms with Crippen molar-refractivity contribution in [2.24, 2.45) is 0 Å². The number of anilines is 1. The van der Waals surface area contributed by atoms with Gasteiger partial charge in [0.15, 0.2) is 0 Å². The summed E-state index contributed by atoms with van der Waals surface area (Å²) in [5, 5.41) is 8.79.